The van der Waals surface area contributed by atoms with Crippen molar-refractivity contribution in [1.82, 2.24) is 5.32 Å². The van der Waals surface area contributed by atoms with Crippen molar-refractivity contribution in [3.05, 3.63) is 29.8 Å². The molecule has 0 aromatic heterocycles. The van der Waals surface area contributed by atoms with Gasteiger partial charge in [-0.2, -0.15) is 0 Å². The van der Waals surface area contributed by atoms with Gasteiger partial charge in [-0.15, -0.1) is 0 Å². The van der Waals surface area contributed by atoms with Gasteiger partial charge in [-0.1, -0.05) is 39.2 Å². The number of unbranched alkanes of at least 4 members (excludes halogenated alkanes) is 1. The average molecular weight is 342 g/mol. The summed E-state index contributed by atoms with van der Waals surface area (Å²) in [6.45, 7) is 6.02. The van der Waals surface area contributed by atoms with Crippen molar-refractivity contribution < 1.29 is 18.3 Å². The largest absolute Gasteiger partial charge is 0.381 e. The molecule has 6 heteroatoms. The van der Waals surface area contributed by atoms with E-state index in [1.165, 1.54) is 25.3 Å². The predicted molar refractivity (Wildman–Crippen MR) is 92.1 cm³/mol. The van der Waals surface area contributed by atoms with Crippen molar-refractivity contribution >= 4 is 11.7 Å². The van der Waals surface area contributed by atoms with Crippen LogP contribution in [0.25, 0.3) is 0 Å². The molecule has 0 aliphatic heterocycles. The minimum absolute atomic E-state index is 0.383. The zero-order valence-electron chi connectivity index (χ0n) is 14.5. The smallest absolute Gasteiger partial charge is 0.319 e. The lowest BCUT2D eigenvalue weighted by Gasteiger charge is -2.14. The lowest BCUT2D eigenvalue weighted by Crippen LogP contribution is -2.30. The number of halogens is 2. The molecule has 4 nitrogen and oxygen atoms in total. The molecule has 0 spiro atoms. The van der Waals surface area contributed by atoms with Gasteiger partial charge in [0.1, 0.15) is 17.3 Å². The van der Waals surface area contributed by atoms with E-state index in [1.54, 1.807) is 0 Å². The zero-order chi connectivity index (χ0) is 17.8. The van der Waals surface area contributed by atoms with E-state index in [-0.39, 0.29) is 0 Å². The number of nitrogens with one attached hydrogen (secondary N) is 2. The fraction of sp³-hybridized carbons (Fsp3) is 0.611. The summed E-state index contributed by atoms with van der Waals surface area (Å²) in [6, 6.07) is 2.80. The van der Waals surface area contributed by atoms with Crippen molar-refractivity contribution in [2.75, 3.05) is 25.1 Å². The Balaban J connectivity index is 2.15. The molecular formula is C18H28F2N2O2. The third-order valence-electron chi connectivity index (χ3n) is 3.85. The SMILES string of the molecule is CCCCC(CC)COCCCNC(=O)Nc1c(F)cccc1F. The van der Waals surface area contributed by atoms with Gasteiger partial charge in [0, 0.05) is 19.8 Å². The highest BCUT2D eigenvalue weighted by Crippen LogP contribution is 2.17. The minimum Gasteiger partial charge on any atom is -0.381 e. The van der Waals surface area contributed by atoms with E-state index in [0.29, 0.717) is 25.5 Å². The summed E-state index contributed by atoms with van der Waals surface area (Å²) in [5.41, 5.74) is -0.437. The van der Waals surface area contributed by atoms with E-state index in [0.717, 1.165) is 25.2 Å². The Kier molecular flexibility index (Phi) is 10.00. The maximum atomic E-state index is 13.4. The summed E-state index contributed by atoms with van der Waals surface area (Å²) in [4.78, 5) is 11.6. The van der Waals surface area contributed by atoms with Crippen molar-refractivity contribution in [3.8, 4) is 0 Å². The minimum atomic E-state index is -0.800. The van der Waals surface area contributed by atoms with Crippen molar-refractivity contribution in [3.63, 3.8) is 0 Å². The Morgan fingerprint density at radius 1 is 1.21 bits per heavy atom. The summed E-state index contributed by atoms with van der Waals surface area (Å²) in [5, 5.41) is 4.74. The highest BCUT2D eigenvalue weighted by Gasteiger charge is 2.11. The molecule has 1 atom stereocenters. The fourth-order valence-electron chi connectivity index (χ4n) is 2.30. The van der Waals surface area contributed by atoms with E-state index in [4.69, 9.17) is 4.74 Å². The molecular weight excluding hydrogens is 314 g/mol. The van der Waals surface area contributed by atoms with E-state index in [2.05, 4.69) is 24.5 Å². The number of anilines is 1. The topological polar surface area (TPSA) is 50.4 Å². The van der Waals surface area contributed by atoms with Crippen LogP contribution in [0.3, 0.4) is 0 Å². The first-order chi connectivity index (χ1) is 11.6. The summed E-state index contributed by atoms with van der Waals surface area (Å²) < 4.78 is 32.4. The van der Waals surface area contributed by atoms with Crippen molar-refractivity contribution in [1.29, 1.82) is 0 Å². The van der Waals surface area contributed by atoms with Gasteiger partial charge < -0.3 is 15.4 Å². The van der Waals surface area contributed by atoms with Crippen molar-refractivity contribution in [2.45, 2.75) is 46.0 Å². The molecule has 24 heavy (non-hydrogen) atoms. The van der Waals surface area contributed by atoms with Gasteiger partial charge in [-0.3, -0.25) is 0 Å². The lowest BCUT2D eigenvalue weighted by atomic mass is 10.0. The monoisotopic (exact) mass is 342 g/mol. The standard InChI is InChI=1S/C18H28F2N2O2/c1-3-5-8-14(4-2)13-24-12-7-11-21-18(23)22-17-15(19)9-6-10-16(17)20/h6,9-10,14H,3-5,7-8,11-13H2,1-2H3,(H2,21,22,23). The zero-order valence-corrected chi connectivity index (χ0v) is 14.5. The van der Waals surface area contributed by atoms with Gasteiger partial charge in [-0.05, 0) is 30.9 Å². The quantitative estimate of drug-likeness (QED) is 0.572. The van der Waals surface area contributed by atoms with Crippen LogP contribution in [0.1, 0.15) is 46.0 Å². The molecule has 1 rings (SSSR count). The second kappa shape index (κ2) is 11.8. The Hall–Kier alpha value is -1.69. The van der Waals surface area contributed by atoms with Gasteiger partial charge in [0.2, 0.25) is 0 Å². The molecule has 0 saturated carbocycles. The Morgan fingerprint density at radius 2 is 1.92 bits per heavy atom. The van der Waals surface area contributed by atoms with Crippen LogP contribution in [0.4, 0.5) is 19.3 Å². The number of carbonyl (C=O) groups is 1. The number of rotatable bonds is 11. The van der Waals surface area contributed by atoms with Crippen LogP contribution in [0.5, 0.6) is 0 Å². The molecule has 0 heterocycles. The number of urea groups is 1. The summed E-state index contributed by atoms with van der Waals surface area (Å²) in [7, 11) is 0. The lowest BCUT2D eigenvalue weighted by molar-refractivity contribution is 0.0925. The molecule has 0 radical (unpaired) electrons. The van der Waals surface area contributed by atoms with Crippen LogP contribution in [0.15, 0.2) is 18.2 Å². The fourth-order valence-corrected chi connectivity index (χ4v) is 2.30. The summed E-state index contributed by atoms with van der Waals surface area (Å²) in [6.07, 6.45) is 5.35. The number of ether oxygens (including phenoxy) is 1. The first kappa shape index (κ1) is 20.4. The van der Waals surface area contributed by atoms with E-state index >= 15 is 0 Å². The molecule has 136 valence electrons. The Labute approximate surface area is 143 Å². The number of carbonyl (C=O) groups excluding carboxylic acids is 1. The molecule has 2 N–H and O–H groups in total. The number of hydrogen-bond donors (Lipinski definition) is 2. The Bertz CT molecular complexity index is 478. The molecule has 0 fully saturated rings. The second-order valence-corrected chi connectivity index (χ2v) is 5.82. The molecule has 1 aromatic rings. The van der Waals surface area contributed by atoms with Crippen LogP contribution >= 0.6 is 0 Å². The molecule has 1 aromatic carbocycles. The maximum absolute atomic E-state index is 13.4. The maximum Gasteiger partial charge on any atom is 0.319 e. The third kappa shape index (κ3) is 7.73. The van der Waals surface area contributed by atoms with Gasteiger partial charge in [0.15, 0.2) is 0 Å². The van der Waals surface area contributed by atoms with Crippen LogP contribution in [-0.4, -0.2) is 25.8 Å². The number of amides is 2. The molecule has 0 aliphatic carbocycles. The predicted octanol–water partition coefficient (Wildman–Crippen LogP) is 4.71. The van der Waals surface area contributed by atoms with Crippen LogP contribution in [-0.2, 0) is 4.74 Å². The number of para-hydroxylation sites is 1. The average Bonchev–Trinajstić information content (AvgIpc) is 2.57. The first-order valence-electron chi connectivity index (χ1n) is 8.65. The highest BCUT2D eigenvalue weighted by molar-refractivity contribution is 5.89. The molecule has 1 unspecified atom stereocenters. The molecule has 0 bridgehead atoms. The van der Waals surface area contributed by atoms with Gasteiger partial charge >= 0.3 is 6.03 Å². The Morgan fingerprint density at radius 3 is 2.54 bits per heavy atom. The van der Waals surface area contributed by atoms with E-state index in [9.17, 15) is 13.6 Å². The first-order valence-corrected chi connectivity index (χ1v) is 8.65. The van der Waals surface area contributed by atoms with Gasteiger partial charge in [0.05, 0.1) is 0 Å². The van der Waals surface area contributed by atoms with Crippen LogP contribution in [0.2, 0.25) is 0 Å². The molecule has 2 amide bonds. The number of benzene rings is 1. The molecule has 0 saturated heterocycles. The van der Waals surface area contributed by atoms with E-state index < -0.39 is 23.4 Å². The van der Waals surface area contributed by atoms with Crippen LogP contribution in [0, 0.1) is 17.6 Å². The summed E-state index contributed by atoms with van der Waals surface area (Å²) >= 11 is 0. The third-order valence-corrected chi connectivity index (χ3v) is 3.85. The normalized spacial score (nSPS) is 12.0. The van der Waals surface area contributed by atoms with Crippen molar-refractivity contribution in [2.24, 2.45) is 5.92 Å². The summed E-state index contributed by atoms with van der Waals surface area (Å²) in [5.74, 6) is -1.01. The number of hydrogen-bond acceptors (Lipinski definition) is 2. The van der Waals surface area contributed by atoms with Crippen LogP contribution < -0.4 is 10.6 Å². The second-order valence-electron chi connectivity index (χ2n) is 5.82. The van der Waals surface area contributed by atoms with Gasteiger partial charge in [-0.25, -0.2) is 13.6 Å². The molecule has 0 aliphatic rings. The van der Waals surface area contributed by atoms with Gasteiger partial charge in [0.25, 0.3) is 0 Å². The highest BCUT2D eigenvalue weighted by atomic mass is 19.1. The van der Waals surface area contributed by atoms with E-state index in [1.807, 2.05) is 0 Å².